The van der Waals surface area contributed by atoms with E-state index in [1.165, 1.54) is 62.1 Å². The number of non-ortho nitro benzene ring substituents is 1. The summed E-state index contributed by atoms with van der Waals surface area (Å²) in [6.45, 7) is 5.10. The standard InChI is InChI=1S/C30H26N4O7S3/c1-18(2)26(29(37)41-16-19-12-14-20(15-13-19)34(38)39)33-27(36)25(32-24(35)17-40-21-8-4-3-5-9-21)28(33)43-44-30-31-22-10-6-7-11-23(22)42-30/h3-15,25-26,28H,1,16-17H2,2H3,(H,32,35)/t25-,26?,28-/m1/s1. The first-order valence-corrected chi connectivity index (χ1v) is 16.3. The normalized spacial score (nSPS) is 16.6. The zero-order valence-corrected chi connectivity index (χ0v) is 25.7. The van der Waals surface area contributed by atoms with E-state index in [4.69, 9.17) is 9.47 Å². The van der Waals surface area contributed by atoms with Crippen LogP contribution in [-0.2, 0) is 25.7 Å². The minimum absolute atomic E-state index is 0.0844. The Hall–Kier alpha value is -4.40. The van der Waals surface area contributed by atoms with Gasteiger partial charge in [-0.3, -0.25) is 19.7 Å². The summed E-state index contributed by atoms with van der Waals surface area (Å²) >= 11 is 1.50. The van der Waals surface area contributed by atoms with Crippen LogP contribution in [0.15, 0.2) is 95.4 Å². The van der Waals surface area contributed by atoms with Gasteiger partial charge in [-0.25, -0.2) is 9.78 Å². The van der Waals surface area contributed by atoms with Gasteiger partial charge in [-0.2, -0.15) is 0 Å². The number of carbonyl (C=O) groups is 3. The zero-order valence-electron chi connectivity index (χ0n) is 23.3. The van der Waals surface area contributed by atoms with Gasteiger partial charge in [0.15, 0.2) is 17.0 Å². The molecule has 0 bridgehead atoms. The van der Waals surface area contributed by atoms with E-state index in [0.29, 0.717) is 16.9 Å². The number of hydrogen-bond donors (Lipinski definition) is 1. The molecule has 11 nitrogen and oxygen atoms in total. The van der Waals surface area contributed by atoms with E-state index < -0.39 is 40.2 Å². The third-order valence-electron chi connectivity index (χ3n) is 6.50. The fraction of sp³-hybridized carbons (Fsp3) is 0.200. The topological polar surface area (TPSA) is 141 Å². The Bertz CT molecular complexity index is 1660. The van der Waals surface area contributed by atoms with Crippen LogP contribution in [0.3, 0.4) is 0 Å². The van der Waals surface area contributed by atoms with Crippen molar-refractivity contribution in [1.82, 2.24) is 15.2 Å². The summed E-state index contributed by atoms with van der Waals surface area (Å²) < 4.78 is 12.8. The molecule has 2 heterocycles. The van der Waals surface area contributed by atoms with Crippen molar-refractivity contribution in [3.8, 4) is 5.75 Å². The predicted octanol–water partition coefficient (Wildman–Crippen LogP) is 5.37. The number of amides is 2. The van der Waals surface area contributed by atoms with Gasteiger partial charge in [-0.05, 0) is 65.3 Å². The van der Waals surface area contributed by atoms with Gasteiger partial charge >= 0.3 is 5.97 Å². The summed E-state index contributed by atoms with van der Waals surface area (Å²) in [5, 5.41) is 13.0. The number of hydrogen-bond acceptors (Lipinski definition) is 11. The number of rotatable bonds is 13. The van der Waals surface area contributed by atoms with E-state index in [0.717, 1.165) is 14.6 Å². The lowest BCUT2D eigenvalue weighted by Crippen LogP contribution is -2.73. The Morgan fingerprint density at radius 3 is 2.50 bits per heavy atom. The summed E-state index contributed by atoms with van der Waals surface area (Å²) in [4.78, 5) is 56.0. The number of nitrogens with one attached hydrogen (secondary N) is 1. The molecule has 0 saturated carbocycles. The van der Waals surface area contributed by atoms with E-state index in [2.05, 4.69) is 16.9 Å². The Labute approximate surface area is 264 Å². The zero-order chi connectivity index (χ0) is 31.2. The Kier molecular flexibility index (Phi) is 9.82. The molecule has 0 aliphatic carbocycles. The largest absolute Gasteiger partial charge is 0.484 e. The fourth-order valence-electron chi connectivity index (χ4n) is 4.35. The summed E-state index contributed by atoms with van der Waals surface area (Å²) in [6.07, 6.45) is 0. The van der Waals surface area contributed by atoms with Crippen molar-refractivity contribution in [1.29, 1.82) is 0 Å². The molecular formula is C30H26N4O7S3. The van der Waals surface area contributed by atoms with Gasteiger partial charge in [0.05, 0.1) is 15.1 Å². The van der Waals surface area contributed by atoms with Gasteiger partial charge < -0.3 is 19.7 Å². The van der Waals surface area contributed by atoms with Crippen LogP contribution in [0.25, 0.3) is 10.2 Å². The molecule has 0 spiro atoms. The molecule has 1 fully saturated rings. The van der Waals surface area contributed by atoms with Crippen molar-refractivity contribution in [3.05, 3.63) is 107 Å². The summed E-state index contributed by atoms with van der Waals surface area (Å²) in [6, 6.07) is 20.1. The second-order valence-electron chi connectivity index (χ2n) is 9.69. The molecule has 1 unspecified atom stereocenters. The third-order valence-corrected chi connectivity index (χ3v) is 10.5. The average Bonchev–Trinajstić information content (AvgIpc) is 3.45. The lowest BCUT2D eigenvalue weighted by molar-refractivity contribution is -0.384. The van der Waals surface area contributed by atoms with E-state index in [9.17, 15) is 24.5 Å². The van der Waals surface area contributed by atoms with Crippen LogP contribution in [0.2, 0.25) is 0 Å². The number of aromatic nitrogens is 1. The first-order chi connectivity index (χ1) is 21.2. The van der Waals surface area contributed by atoms with Crippen LogP contribution in [0, 0.1) is 10.1 Å². The predicted molar refractivity (Wildman–Crippen MR) is 169 cm³/mol. The first-order valence-electron chi connectivity index (χ1n) is 13.2. The molecule has 1 N–H and O–H groups in total. The fourth-order valence-corrected chi connectivity index (χ4v) is 8.31. The highest BCUT2D eigenvalue weighted by Crippen LogP contribution is 2.45. The van der Waals surface area contributed by atoms with Crippen molar-refractivity contribution in [3.63, 3.8) is 0 Å². The molecule has 2 amide bonds. The molecule has 1 aromatic heterocycles. The number of thiazole rings is 1. The Morgan fingerprint density at radius 1 is 1.11 bits per heavy atom. The van der Waals surface area contributed by atoms with Gasteiger partial charge in [0, 0.05) is 12.1 Å². The maximum absolute atomic E-state index is 13.5. The average molecular weight is 651 g/mol. The number of β-lactam (4-membered cyclic amide) rings is 1. The lowest BCUT2D eigenvalue weighted by Gasteiger charge is -2.49. The molecule has 226 valence electrons. The first kappa shape index (κ1) is 31.0. The van der Waals surface area contributed by atoms with Gasteiger partial charge in [0.25, 0.3) is 11.6 Å². The summed E-state index contributed by atoms with van der Waals surface area (Å²) in [5.74, 6) is -1.16. The molecular weight excluding hydrogens is 625 g/mol. The Balaban J connectivity index is 1.30. The molecule has 1 saturated heterocycles. The number of fused-ring (bicyclic) bond motifs is 1. The van der Waals surface area contributed by atoms with Crippen molar-refractivity contribution in [2.24, 2.45) is 0 Å². The lowest BCUT2D eigenvalue weighted by atomic mass is 9.99. The van der Waals surface area contributed by atoms with Crippen LogP contribution >= 0.6 is 32.9 Å². The number of carbonyl (C=O) groups excluding carboxylic acids is 3. The van der Waals surface area contributed by atoms with Gasteiger partial charge in [-0.1, -0.05) is 47.7 Å². The number of nitro groups is 1. The van der Waals surface area contributed by atoms with Crippen LogP contribution in [-0.4, -0.2) is 56.7 Å². The highest BCUT2D eigenvalue weighted by molar-refractivity contribution is 8.77. The van der Waals surface area contributed by atoms with Crippen LogP contribution in [0.5, 0.6) is 5.75 Å². The second kappa shape index (κ2) is 13.9. The summed E-state index contributed by atoms with van der Waals surface area (Å²) in [7, 11) is 2.63. The third kappa shape index (κ3) is 7.21. The summed E-state index contributed by atoms with van der Waals surface area (Å²) in [5.41, 5.74) is 1.68. The Morgan fingerprint density at radius 2 is 1.82 bits per heavy atom. The molecule has 0 radical (unpaired) electrons. The minimum atomic E-state index is -1.12. The van der Waals surface area contributed by atoms with Crippen molar-refractivity contribution in [2.75, 3.05) is 6.61 Å². The highest BCUT2D eigenvalue weighted by atomic mass is 33.1. The molecule has 4 aromatic rings. The number of nitro benzene ring substituents is 1. The molecule has 3 atom stereocenters. The SMILES string of the molecule is C=C(C)C(C(=O)OCc1ccc([N+](=O)[O-])cc1)N1C(=O)[C@@H](NC(=O)COc2ccccc2)[C@H]1SSc1nc2ccccc2s1. The second-order valence-corrected chi connectivity index (χ2v) is 13.3. The van der Waals surface area contributed by atoms with Gasteiger partial charge in [0.1, 0.15) is 23.8 Å². The van der Waals surface area contributed by atoms with Crippen molar-refractivity contribution in [2.45, 2.75) is 35.3 Å². The minimum Gasteiger partial charge on any atom is -0.484 e. The number of ether oxygens (including phenoxy) is 2. The smallest absolute Gasteiger partial charge is 0.333 e. The number of esters is 1. The van der Waals surface area contributed by atoms with Gasteiger partial charge in [-0.15, -0.1) is 11.3 Å². The van der Waals surface area contributed by atoms with Crippen molar-refractivity contribution < 1.29 is 28.8 Å². The molecule has 3 aromatic carbocycles. The van der Waals surface area contributed by atoms with Crippen molar-refractivity contribution >= 4 is 66.6 Å². The van der Waals surface area contributed by atoms with E-state index in [1.54, 1.807) is 31.2 Å². The molecule has 44 heavy (non-hydrogen) atoms. The van der Waals surface area contributed by atoms with Gasteiger partial charge in [0.2, 0.25) is 5.91 Å². The van der Waals surface area contributed by atoms with E-state index >= 15 is 0 Å². The van der Waals surface area contributed by atoms with E-state index in [1.807, 2.05) is 30.3 Å². The molecule has 5 rings (SSSR count). The monoisotopic (exact) mass is 650 g/mol. The molecule has 14 heteroatoms. The van der Waals surface area contributed by atoms with Crippen LogP contribution in [0.1, 0.15) is 12.5 Å². The number of nitrogens with zero attached hydrogens (tertiary/aromatic N) is 3. The number of benzene rings is 3. The quantitative estimate of drug-likeness (QED) is 0.0502. The van der Waals surface area contributed by atoms with Crippen LogP contribution in [0.4, 0.5) is 5.69 Å². The van der Waals surface area contributed by atoms with E-state index in [-0.39, 0.29) is 18.9 Å². The maximum Gasteiger partial charge on any atom is 0.333 e. The number of likely N-dealkylation sites (tertiary alicyclic amines) is 1. The maximum atomic E-state index is 13.5. The van der Waals surface area contributed by atoms with Crippen LogP contribution < -0.4 is 10.1 Å². The number of para-hydroxylation sites is 2. The molecule has 1 aliphatic heterocycles. The highest BCUT2D eigenvalue weighted by Gasteiger charge is 2.54. The molecule has 1 aliphatic rings.